The molecule has 5 nitrogen and oxygen atoms in total. The quantitative estimate of drug-likeness (QED) is 0.587. The van der Waals surface area contributed by atoms with Crippen molar-refractivity contribution in [3.8, 4) is 0 Å². The van der Waals surface area contributed by atoms with Crippen LogP contribution in [-0.2, 0) is 9.53 Å². The van der Waals surface area contributed by atoms with Crippen LogP contribution in [0.5, 0.6) is 0 Å². The lowest BCUT2D eigenvalue weighted by molar-refractivity contribution is -0.151. The van der Waals surface area contributed by atoms with Crippen LogP contribution >= 0.6 is 0 Å². The lowest BCUT2D eigenvalue weighted by atomic mass is 9.93. The number of esters is 1. The lowest BCUT2D eigenvalue weighted by Gasteiger charge is -2.36. The van der Waals surface area contributed by atoms with E-state index in [1.807, 2.05) is 20.9 Å². The third kappa shape index (κ3) is 7.25. The fourth-order valence-corrected chi connectivity index (χ4v) is 2.47. The van der Waals surface area contributed by atoms with Crippen molar-refractivity contribution in [1.29, 1.82) is 0 Å². The van der Waals surface area contributed by atoms with Gasteiger partial charge in [-0.1, -0.05) is 6.92 Å². The maximum atomic E-state index is 12.2. The molecule has 2 unspecified atom stereocenters. The molecule has 21 heavy (non-hydrogen) atoms. The number of hydrogen-bond donors (Lipinski definition) is 1. The Morgan fingerprint density at radius 1 is 1.24 bits per heavy atom. The average molecular weight is 301 g/mol. The standard InChI is InChI=1S/C16H35N3O2/c1-8-10-19(12-11-18(6)7)14(3)13-16(4,17-5)15(20)21-9-2/h14,17H,8-13H2,1-7H3. The Kier molecular flexibility index (Phi) is 9.83. The van der Waals surface area contributed by atoms with Crippen molar-refractivity contribution in [2.24, 2.45) is 0 Å². The molecular formula is C16H35N3O2. The molecule has 0 spiro atoms. The first kappa shape index (κ1) is 20.3. The van der Waals surface area contributed by atoms with Gasteiger partial charge in [0.25, 0.3) is 0 Å². The van der Waals surface area contributed by atoms with Gasteiger partial charge in [-0.3, -0.25) is 9.69 Å². The number of ether oxygens (including phenoxy) is 1. The molecule has 126 valence electrons. The van der Waals surface area contributed by atoms with E-state index in [1.54, 1.807) is 0 Å². The van der Waals surface area contributed by atoms with Crippen molar-refractivity contribution in [2.75, 3.05) is 47.4 Å². The zero-order chi connectivity index (χ0) is 16.5. The second-order valence-electron chi connectivity index (χ2n) is 6.19. The van der Waals surface area contributed by atoms with E-state index in [-0.39, 0.29) is 5.97 Å². The smallest absolute Gasteiger partial charge is 0.326 e. The second-order valence-corrected chi connectivity index (χ2v) is 6.19. The highest BCUT2D eigenvalue weighted by Gasteiger charge is 2.35. The van der Waals surface area contributed by atoms with Crippen molar-refractivity contribution >= 4 is 5.97 Å². The monoisotopic (exact) mass is 301 g/mol. The summed E-state index contributed by atoms with van der Waals surface area (Å²) in [5.74, 6) is -0.164. The number of hydrogen-bond acceptors (Lipinski definition) is 5. The zero-order valence-electron chi connectivity index (χ0n) is 15.0. The molecule has 0 aliphatic heterocycles. The topological polar surface area (TPSA) is 44.8 Å². The van der Waals surface area contributed by atoms with Crippen molar-refractivity contribution in [1.82, 2.24) is 15.1 Å². The van der Waals surface area contributed by atoms with Gasteiger partial charge in [-0.2, -0.15) is 0 Å². The molecule has 0 bridgehead atoms. The highest BCUT2D eigenvalue weighted by molar-refractivity contribution is 5.80. The summed E-state index contributed by atoms with van der Waals surface area (Å²) in [5, 5.41) is 3.14. The number of nitrogens with one attached hydrogen (secondary N) is 1. The SMILES string of the molecule is CCCN(CCN(C)C)C(C)CC(C)(NC)C(=O)OCC. The number of likely N-dealkylation sites (N-methyl/N-ethyl adjacent to an activating group) is 2. The van der Waals surface area contributed by atoms with Crippen LogP contribution in [0.3, 0.4) is 0 Å². The number of rotatable bonds is 11. The van der Waals surface area contributed by atoms with Crippen LogP contribution < -0.4 is 5.32 Å². The van der Waals surface area contributed by atoms with Crippen LogP contribution in [-0.4, -0.2) is 74.7 Å². The minimum Gasteiger partial charge on any atom is -0.465 e. The molecule has 0 saturated heterocycles. The maximum Gasteiger partial charge on any atom is 0.326 e. The molecule has 0 aromatic carbocycles. The van der Waals surface area contributed by atoms with E-state index in [1.165, 1.54) is 0 Å². The molecule has 0 aliphatic rings. The number of nitrogens with zero attached hydrogens (tertiary/aromatic N) is 2. The molecule has 1 N–H and O–H groups in total. The molecule has 5 heteroatoms. The van der Waals surface area contributed by atoms with Crippen LogP contribution in [0.2, 0.25) is 0 Å². The molecule has 0 amide bonds. The Bertz CT molecular complexity index is 297. The van der Waals surface area contributed by atoms with Gasteiger partial charge in [-0.15, -0.1) is 0 Å². The van der Waals surface area contributed by atoms with Gasteiger partial charge in [0.15, 0.2) is 0 Å². The third-order valence-electron chi connectivity index (χ3n) is 3.95. The van der Waals surface area contributed by atoms with E-state index in [0.29, 0.717) is 12.6 Å². The van der Waals surface area contributed by atoms with E-state index in [4.69, 9.17) is 4.74 Å². The van der Waals surface area contributed by atoms with Gasteiger partial charge in [0, 0.05) is 19.1 Å². The molecule has 0 fully saturated rings. The third-order valence-corrected chi connectivity index (χ3v) is 3.95. The summed E-state index contributed by atoms with van der Waals surface area (Å²) < 4.78 is 5.21. The lowest BCUT2D eigenvalue weighted by Crippen LogP contribution is -2.53. The molecule has 0 radical (unpaired) electrons. The van der Waals surface area contributed by atoms with Crippen LogP contribution in [0.25, 0.3) is 0 Å². The molecule has 0 heterocycles. The normalized spacial score (nSPS) is 16.0. The molecule has 0 saturated carbocycles. The van der Waals surface area contributed by atoms with Gasteiger partial charge in [-0.25, -0.2) is 0 Å². The van der Waals surface area contributed by atoms with E-state index < -0.39 is 5.54 Å². The molecule has 2 atom stereocenters. The van der Waals surface area contributed by atoms with Crippen molar-refractivity contribution in [2.45, 2.75) is 52.1 Å². The van der Waals surface area contributed by atoms with Crippen molar-refractivity contribution in [3.63, 3.8) is 0 Å². The van der Waals surface area contributed by atoms with E-state index >= 15 is 0 Å². The summed E-state index contributed by atoms with van der Waals surface area (Å²) in [6.07, 6.45) is 1.86. The Hall–Kier alpha value is -0.650. The number of carbonyl (C=O) groups excluding carboxylic acids is 1. The summed E-state index contributed by atoms with van der Waals surface area (Å²) >= 11 is 0. The minimum absolute atomic E-state index is 0.164. The molecule has 0 aromatic rings. The van der Waals surface area contributed by atoms with E-state index in [9.17, 15) is 4.79 Å². The van der Waals surface area contributed by atoms with Crippen LogP contribution in [0, 0.1) is 0 Å². The van der Waals surface area contributed by atoms with Crippen LogP contribution in [0.4, 0.5) is 0 Å². The highest BCUT2D eigenvalue weighted by Crippen LogP contribution is 2.18. The van der Waals surface area contributed by atoms with Gasteiger partial charge in [0.1, 0.15) is 5.54 Å². The van der Waals surface area contributed by atoms with Gasteiger partial charge < -0.3 is 15.0 Å². The Morgan fingerprint density at radius 2 is 1.86 bits per heavy atom. The van der Waals surface area contributed by atoms with Crippen LogP contribution in [0.15, 0.2) is 0 Å². The molecule has 0 rings (SSSR count). The van der Waals surface area contributed by atoms with Gasteiger partial charge in [-0.05, 0) is 61.3 Å². The minimum atomic E-state index is -0.625. The Balaban J connectivity index is 4.75. The van der Waals surface area contributed by atoms with Gasteiger partial charge in [0.2, 0.25) is 0 Å². The predicted octanol–water partition coefficient (Wildman–Crippen LogP) is 1.58. The summed E-state index contributed by atoms with van der Waals surface area (Å²) in [6, 6.07) is 0.326. The first-order chi connectivity index (χ1) is 9.80. The number of carbonyl (C=O) groups is 1. The van der Waals surface area contributed by atoms with Gasteiger partial charge in [0.05, 0.1) is 6.61 Å². The Labute approximate surface area is 131 Å². The summed E-state index contributed by atoms with van der Waals surface area (Å²) in [7, 11) is 6.00. The maximum absolute atomic E-state index is 12.2. The Morgan fingerprint density at radius 3 is 2.29 bits per heavy atom. The first-order valence-electron chi connectivity index (χ1n) is 8.05. The predicted molar refractivity (Wildman–Crippen MR) is 88.6 cm³/mol. The average Bonchev–Trinajstić information content (AvgIpc) is 2.43. The summed E-state index contributed by atoms with van der Waals surface area (Å²) in [4.78, 5) is 16.8. The highest BCUT2D eigenvalue weighted by atomic mass is 16.5. The fraction of sp³-hybridized carbons (Fsp3) is 0.938. The molecule has 0 aliphatic carbocycles. The van der Waals surface area contributed by atoms with E-state index in [2.05, 4.69) is 43.1 Å². The van der Waals surface area contributed by atoms with E-state index in [0.717, 1.165) is 32.5 Å². The summed E-state index contributed by atoms with van der Waals surface area (Å²) in [6.45, 7) is 11.7. The van der Waals surface area contributed by atoms with Crippen molar-refractivity contribution in [3.05, 3.63) is 0 Å². The summed E-state index contributed by atoms with van der Waals surface area (Å²) in [5.41, 5.74) is -0.625. The fourth-order valence-electron chi connectivity index (χ4n) is 2.47. The molecule has 0 aromatic heterocycles. The van der Waals surface area contributed by atoms with Crippen molar-refractivity contribution < 1.29 is 9.53 Å². The van der Waals surface area contributed by atoms with Crippen LogP contribution in [0.1, 0.15) is 40.5 Å². The largest absolute Gasteiger partial charge is 0.465 e. The molecular weight excluding hydrogens is 266 g/mol. The van der Waals surface area contributed by atoms with Gasteiger partial charge >= 0.3 is 5.97 Å². The first-order valence-corrected chi connectivity index (χ1v) is 8.05. The second kappa shape index (κ2) is 10.1. The zero-order valence-corrected chi connectivity index (χ0v) is 15.0.